The molecule has 2 rings (SSSR count). The van der Waals surface area contributed by atoms with Gasteiger partial charge in [0.25, 0.3) is 0 Å². The van der Waals surface area contributed by atoms with Crippen LogP contribution >= 0.6 is 8.46 Å². The lowest BCUT2D eigenvalue weighted by atomic mass is 9.77. The second kappa shape index (κ2) is 8.28. The molecular formula is C17H23O4P. The minimum Gasteiger partial charge on any atom is -0.496 e. The normalized spacial score (nSPS) is 17.2. The summed E-state index contributed by atoms with van der Waals surface area (Å²) in [7, 11) is 3.12. The van der Waals surface area contributed by atoms with Crippen molar-refractivity contribution in [3.63, 3.8) is 0 Å². The number of ether oxygens (including phenoxy) is 2. The van der Waals surface area contributed by atoms with Crippen LogP contribution in [0.1, 0.15) is 42.5 Å². The van der Waals surface area contributed by atoms with E-state index in [4.69, 9.17) is 9.47 Å². The maximum Gasteiger partial charge on any atom is 0.174 e. The number of Topliss-reactive ketones (excluding diaryl/α,β-unsaturated/α-hetero) is 1. The van der Waals surface area contributed by atoms with Crippen molar-refractivity contribution in [1.82, 2.24) is 0 Å². The predicted molar refractivity (Wildman–Crippen MR) is 86.4 cm³/mol. The van der Waals surface area contributed by atoms with Crippen LogP contribution < -0.4 is 9.47 Å². The first kappa shape index (κ1) is 17.0. The van der Waals surface area contributed by atoms with Crippen molar-refractivity contribution in [2.75, 3.05) is 20.4 Å². The number of hydrogen-bond acceptors (Lipinski definition) is 4. The Balaban J connectivity index is 2.35. The van der Waals surface area contributed by atoms with Crippen LogP contribution in [0.15, 0.2) is 18.2 Å². The molecule has 0 heterocycles. The Morgan fingerprint density at radius 3 is 2.27 bits per heavy atom. The number of methoxy groups -OCH3 is 2. The first-order valence-corrected chi connectivity index (χ1v) is 8.77. The van der Waals surface area contributed by atoms with Gasteiger partial charge in [-0.25, -0.2) is 0 Å². The van der Waals surface area contributed by atoms with E-state index in [0.29, 0.717) is 29.1 Å². The van der Waals surface area contributed by atoms with Crippen LogP contribution in [0.5, 0.6) is 11.5 Å². The largest absolute Gasteiger partial charge is 0.496 e. The van der Waals surface area contributed by atoms with Crippen molar-refractivity contribution in [2.45, 2.75) is 32.1 Å². The van der Waals surface area contributed by atoms with E-state index >= 15 is 0 Å². The molecule has 0 spiro atoms. The maximum absolute atomic E-state index is 13.1. The Morgan fingerprint density at radius 2 is 1.77 bits per heavy atom. The summed E-state index contributed by atoms with van der Waals surface area (Å²) in [6, 6.07) is 5.33. The second-order valence-corrected chi connectivity index (χ2v) is 6.34. The Kier molecular flexibility index (Phi) is 6.38. The molecule has 1 saturated carbocycles. The lowest BCUT2D eigenvalue weighted by molar-refractivity contribution is 0.0861. The summed E-state index contributed by atoms with van der Waals surface area (Å²) in [5, 5.41) is 0. The van der Waals surface area contributed by atoms with Crippen molar-refractivity contribution in [2.24, 2.45) is 11.8 Å². The minimum absolute atomic E-state index is 0.00968. The lowest BCUT2D eigenvalue weighted by Crippen LogP contribution is -2.28. The standard InChI is InChI=1S/C17H23O4P/c1-20-14-9-6-10-15(21-2)16(14)17(18)13(11-22-19)12-7-4-3-5-8-12/h6,9-10,12-13H,3-5,7-8,11H2,1-2H3. The van der Waals surface area contributed by atoms with E-state index < -0.39 is 0 Å². The summed E-state index contributed by atoms with van der Waals surface area (Å²) in [4.78, 5) is 13.1. The quantitative estimate of drug-likeness (QED) is 0.552. The first-order valence-electron chi connectivity index (χ1n) is 7.77. The Morgan fingerprint density at radius 1 is 1.18 bits per heavy atom. The molecule has 0 aromatic heterocycles. The average molecular weight is 322 g/mol. The molecule has 1 aliphatic rings. The van der Waals surface area contributed by atoms with Crippen LogP contribution in [0.3, 0.4) is 0 Å². The number of carbonyl (C=O) groups excluding carboxylic acids is 1. The van der Waals surface area contributed by atoms with E-state index in [2.05, 4.69) is 0 Å². The van der Waals surface area contributed by atoms with E-state index in [1.165, 1.54) is 6.42 Å². The van der Waals surface area contributed by atoms with E-state index in [9.17, 15) is 9.36 Å². The van der Waals surface area contributed by atoms with Gasteiger partial charge >= 0.3 is 0 Å². The number of rotatable bonds is 7. The molecular weight excluding hydrogens is 299 g/mol. The molecule has 120 valence electrons. The summed E-state index contributed by atoms with van der Waals surface area (Å²) >= 11 is 0. The Labute approximate surface area is 133 Å². The van der Waals surface area contributed by atoms with Crippen molar-refractivity contribution in [1.29, 1.82) is 0 Å². The van der Waals surface area contributed by atoms with E-state index in [-0.39, 0.29) is 20.2 Å². The molecule has 1 unspecified atom stereocenters. The highest BCUT2D eigenvalue weighted by Gasteiger charge is 2.33. The van der Waals surface area contributed by atoms with Gasteiger partial charge in [-0.1, -0.05) is 25.3 Å². The highest BCUT2D eigenvalue weighted by atomic mass is 31.1. The average Bonchev–Trinajstić information content (AvgIpc) is 2.59. The molecule has 1 aliphatic carbocycles. The summed E-state index contributed by atoms with van der Waals surface area (Å²) in [5.74, 6) is 1.10. The van der Waals surface area contributed by atoms with Crippen molar-refractivity contribution in [3.8, 4) is 11.5 Å². The zero-order valence-electron chi connectivity index (χ0n) is 13.2. The van der Waals surface area contributed by atoms with E-state index in [1.807, 2.05) is 0 Å². The fourth-order valence-corrected chi connectivity index (χ4v) is 3.97. The molecule has 0 saturated heterocycles. The highest BCUT2D eigenvalue weighted by molar-refractivity contribution is 7.23. The van der Waals surface area contributed by atoms with Crippen LogP contribution in [0.25, 0.3) is 0 Å². The van der Waals surface area contributed by atoms with Crippen LogP contribution in [-0.2, 0) is 4.57 Å². The molecule has 0 amide bonds. The monoisotopic (exact) mass is 322 g/mol. The predicted octanol–water partition coefficient (Wildman–Crippen LogP) is 4.37. The summed E-state index contributed by atoms with van der Waals surface area (Å²) in [5.41, 5.74) is 0.478. The fourth-order valence-electron chi connectivity index (χ4n) is 3.34. The first-order chi connectivity index (χ1) is 10.7. The van der Waals surface area contributed by atoms with Crippen LogP contribution in [-0.4, -0.2) is 26.2 Å². The molecule has 0 bridgehead atoms. The van der Waals surface area contributed by atoms with Gasteiger partial charge in [-0.05, 0) is 30.9 Å². The van der Waals surface area contributed by atoms with Crippen LogP contribution in [0.4, 0.5) is 0 Å². The molecule has 0 N–H and O–H groups in total. The van der Waals surface area contributed by atoms with Gasteiger partial charge in [-0.2, -0.15) is 0 Å². The van der Waals surface area contributed by atoms with E-state index in [1.54, 1.807) is 32.4 Å². The zero-order chi connectivity index (χ0) is 15.9. The van der Waals surface area contributed by atoms with Gasteiger partial charge in [0.15, 0.2) is 14.2 Å². The molecule has 1 aromatic rings. The molecule has 0 radical (unpaired) electrons. The SMILES string of the molecule is COc1cccc(OC)c1C(=O)C(CP=O)C1CCCCC1. The second-order valence-electron chi connectivity index (χ2n) is 5.72. The van der Waals surface area contributed by atoms with Crippen molar-refractivity contribution < 1.29 is 18.8 Å². The van der Waals surface area contributed by atoms with Crippen molar-refractivity contribution in [3.05, 3.63) is 23.8 Å². The maximum atomic E-state index is 13.1. The molecule has 1 fully saturated rings. The van der Waals surface area contributed by atoms with Crippen molar-refractivity contribution >= 4 is 14.2 Å². The smallest absolute Gasteiger partial charge is 0.174 e. The highest BCUT2D eigenvalue weighted by Crippen LogP contribution is 2.38. The van der Waals surface area contributed by atoms with Gasteiger partial charge in [0.1, 0.15) is 17.1 Å². The lowest BCUT2D eigenvalue weighted by Gasteiger charge is -2.28. The number of ketones is 1. The molecule has 22 heavy (non-hydrogen) atoms. The Hall–Kier alpha value is -1.41. The third-order valence-electron chi connectivity index (χ3n) is 4.50. The number of benzene rings is 1. The summed E-state index contributed by atoms with van der Waals surface area (Å²) in [6.07, 6.45) is 5.95. The molecule has 1 atom stereocenters. The fraction of sp³-hybridized carbons (Fsp3) is 0.588. The zero-order valence-corrected chi connectivity index (χ0v) is 14.1. The van der Waals surface area contributed by atoms with Gasteiger partial charge in [0.05, 0.1) is 14.2 Å². The van der Waals surface area contributed by atoms with Gasteiger partial charge in [0, 0.05) is 12.1 Å². The van der Waals surface area contributed by atoms with Gasteiger partial charge in [-0.15, -0.1) is 0 Å². The molecule has 5 heteroatoms. The van der Waals surface area contributed by atoms with Crippen LogP contribution in [0.2, 0.25) is 0 Å². The van der Waals surface area contributed by atoms with E-state index in [0.717, 1.165) is 25.7 Å². The third-order valence-corrected chi connectivity index (χ3v) is 5.04. The van der Waals surface area contributed by atoms with Gasteiger partial charge in [0.2, 0.25) is 0 Å². The molecule has 0 aliphatic heterocycles. The Bertz CT molecular complexity index is 501. The molecule has 1 aromatic carbocycles. The minimum atomic E-state index is -0.232. The number of carbonyl (C=O) groups is 1. The number of hydrogen-bond donors (Lipinski definition) is 0. The van der Waals surface area contributed by atoms with Gasteiger partial charge in [-0.3, -0.25) is 9.36 Å². The summed E-state index contributed by atoms with van der Waals surface area (Å²) < 4.78 is 21.9. The molecule has 4 nitrogen and oxygen atoms in total. The van der Waals surface area contributed by atoms with Crippen LogP contribution in [0, 0.1) is 11.8 Å². The third kappa shape index (κ3) is 3.67. The summed E-state index contributed by atoms with van der Waals surface area (Å²) in [6.45, 7) is 0. The topological polar surface area (TPSA) is 52.6 Å². The van der Waals surface area contributed by atoms with Gasteiger partial charge < -0.3 is 9.47 Å².